The monoisotopic (exact) mass is 640 g/mol. The highest BCUT2D eigenvalue weighted by molar-refractivity contribution is 7.89. The van der Waals surface area contributed by atoms with E-state index in [1.165, 1.54) is 19.9 Å². The number of rotatable bonds is 10. The van der Waals surface area contributed by atoms with Crippen LogP contribution in [0, 0.1) is 11.3 Å². The summed E-state index contributed by atoms with van der Waals surface area (Å²) in [7, 11) is -4.65. The molecule has 0 bridgehead atoms. The molecule has 1 atom stereocenters. The number of carboxylic acid groups (broad SMARTS) is 1. The summed E-state index contributed by atoms with van der Waals surface area (Å²) >= 11 is 14.0. The summed E-state index contributed by atoms with van der Waals surface area (Å²) in [6, 6.07) is 0.132. The van der Waals surface area contributed by atoms with Crippen LogP contribution in [0.4, 0.5) is 13.2 Å². The normalized spacial score (nSPS) is 15.7. The van der Waals surface area contributed by atoms with Crippen molar-refractivity contribution in [1.82, 2.24) is 19.8 Å². The maximum atomic E-state index is 13.0. The van der Waals surface area contributed by atoms with E-state index in [0.29, 0.717) is 40.4 Å². The molecule has 0 unspecified atom stereocenters. The van der Waals surface area contributed by atoms with Crippen molar-refractivity contribution in [2.45, 2.75) is 70.0 Å². The Hall–Kier alpha value is -2.26. The van der Waals surface area contributed by atoms with E-state index in [9.17, 15) is 31.5 Å². The summed E-state index contributed by atoms with van der Waals surface area (Å²) in [4.78, 5) is 20.5. The minimum absolute atomic E-state index is 0.000854. The summed E-state index contributed by atoms with van der Waals surface area (Å²) in [6.45, 7) is 3.75. The lowest BCUT2D eigenvalue weighted by Crippen LogP contribution is -2.43. The number of benzene rings is 1. The van der Waals surface area contributed by atoms with Gasteiger partial charge < -0.3 is 9.63 Å². The van der Waals surface area contributed by atoms with Crippen molar-refractivity contribution < 1.29 is 36.0 Å². The van der Waals surface area contributed by atoms with Crippen LogP contribution in [0.25, 0.3) is 21.3 Å². The molecule has 16 heteroatoms. The van der Waals surface area contributed by atoms with E-state index in [0.717, 1.165) is 36.7 Å². The maximum absolute atomic E-state index is 13.0. The molecular formula is C24H25Cl2F3N4O5S2. The Morgan fingerprint density at radius 2 is 1.90 bits per heavy atom. The third-order valence-electron chi connectivity index (χ3n) is 6.64. The molecule has 3 aromatic rings. The number of hydrogen-bond donors (Lipinski definition) is 2. The van der Waals surface area contributed by atoms with Crippen LogP contribution in [0.2, 0.25) is 10.0 Å². The molecule has 2 N–H and O–H groups in total. The van der Waals surface area contributed by atoms with Crippen molar-refractivity contribution in [3.8, 4) is 21.3 Å². The Kier molecular flexibility index (Phi) is 8.59. The summed E-state index contributed by atoms with van der Waals surface area (Å²) in [5.74, 6) is -0.371. The molecule has 4 rings (SSSR count). The van der Waals surface area contributed by atoms with Crippen molar-refractivity contribution in [3.05, 3.63) is 33.8 Å². The van der Waals surface area contributed by atoms with Gasteiger partial charge in [-0.15, -0.1) is 11.3 Å². The van der Waals surface area contributed by atoms with Gasteiger partial charge in [0.25, 0.3) is 0 Å². The maximum Gasteiger partial charge on any atom is 0.404 e. The van der Waals surface area contributed by atoms with Crippen LogP contribution in [-0.2, 0) is 27.7 Å². The molecule has 0 spiro atoms. The highest BCUT2D eigenvalue weighted by Crippen LogP contribution is 2.44. The van der Waals surface area contributed by atoms with Gasteiger partial charge in [0.1, 0.15) is 10.9 Å². The second kappa shape index (κ2) is 11.2. The first kappa shape index (κ1) is 30.7. The molecule has 218 valence electrons. The van der Waals surface area contributed by atoms with Crippen LogP contribution >= 0.6 is 34.5 Å². The van der Waals surface area contributed by atoms with Gasteiger partial charge in [-0.3, -0.25) is 4.79 Å². The van der Waals surface area contributed by atoms with Gasteiger partial charge in [0.05, 0.1) is 26.0 Å². The average Bonchev–Trinajstić information content (AvgIpc) is 3.43. The van der Waals surface area contributed by atoms with Gasteiger partial charge in [0.2, 0.25) is 21.7 Å². The zero-order chi connectivity index (χ0) is 29.6. The summed E-state index contributed by atoms with van der Waals surface area (Å²) in [5.41, 5.74) is -0.130. The SMILES string of the molecule is C[C@H](NS(=O)(=O)c1ccc(-c2sc(-c3noc(CC(C)(C)C(=O)O)n3)nc2CC2CCC2)c(Cl)c1Cl)C(F)(F)F. The molecule has 2 aromatic heterocycles. The number of carbonyl (C=O) groups is 1. The third-order valence-corrected chi connectivity index (χ3v) is 10.3. The smallest absolute Gasteiger partial charge is 0.404 e. The van der Waals surface area contributed by atoms with E-state index in [2.05, 4.69) is 10.1 Å². The molecule has 1 aliphatic carbocycles. The van der Waals surface area contributed by atoms with Gasteiger partial charge in [-0.2, -0.15) is 22.9 Å². The van der Waals surface area contributed by atoms with Crippen molar-refractivity contribution in [2.24, 2.45) is 11.3 Å². The van der Waals surface area contributed by atoms with Crippen molar-refractivity contribution in [2.75, 3.05) is 0 Å². The van der Waals surface area contributed by atoms with Gasteiger partial charge in [-0.1, -0.05) is 53.7 Å². The lowest BCUT2D eigenvalue weighted by Gasteiger charge is -2.24. The fourth-order valence-electron chi connectivity index (χ4n) is 3.91. The first-order valence-electron chi connectivity index (χ1n) is 12.1. The number of alkyl halides is 3. The Morgan fingerprint density at radius 1 is 1.23 bits per heavy atom. The van der Waals surface area contributed by atoms with E-state index >= 15 is 0 Å². The Bertz CT molecular complexity index is 1540. The van der Waals surface area contributed by atoms with Gasteiger partial charge in [-0.25, -0.2) is 13.4 Å². The largest absolute Gasteiger partial charge is 0.481 e. The predicted octanol–water partition coefficient (Wildman–Crippen LogP) is 6.39. The van der Waals surface area contributed by atoms with Crippen molar-refractivity contribution in [1.29, 1.82) is 0 Å². The van der Waals surface area contributed by atoms with Gasteiger partial charge in [0, 0.05) is 12.0 Å². The average molecular weight is 642 g/mol. The number of aliphatic carboxylic acids is 1. The molecule has 0 radical (unpaired) electrons. The van der Waals surface area contributed by atoms with Gasteiger partial charge in [-0.05, 0) is 39.2 Å². The third kappa shape index (κ3) is 6.46. The lowest BCUT2D eigenvalue weighted by molar-refractivity contribution is -0.147. The summed E-state index contributed by atoms with van der Waals surface area (Å²) < 4.78 is 71.1. The molecule has 2 heterocycles. The summed E-state index contributed by atoms with van der Waals surface area (Å²) in [6.07, 6.45) is -1.08. The molecule has 0 saturated heterocycles. The highest BCUT2D eigenvalue weighted by atomic mass is 35.5. The Morgan fingerprint density at radius 3 is 2.48 bits per heavy atom. The van der Waals surface area contributed by atoms with E-state index < -0.39 is 43.5 Å². The van der Waals surface area contributed by atoms with Crippen LogP contribution in [0.5, 0.6) is 0 Å². The quantitative estimate of drug-likeness (QED) is 0.260. The first-order valence-corrected chi connectivity index (χ1v) is 15.2. The fourth-order valence-corrected chi connectivity index (χ4v) is 7.11. The number of hydrogen-bond acceptors (Lipinski definition) is 8. The van der Waals surface area contributed by atoms with E-state index in [1.54, 1.807) is 4.72 Å². The fraction of sp³-hybridized carbons (Fsp3) is 0.500. The zero-order valence-corrected chi connectivity index (χ0v) is 24.6. The molecule has 1 aliphatic rings. The van der Waals surface area contributed by atoms with Crippen LogP contribution in [-0.4, -0.2) is 46.8 Å². The highest BCUT2D eigenvalue weighted by Gasteiger charge is 2.39. The molecule has 40 heavy (non-hydrogen) atoms. The molecule has 9 nitrogen and oxygen atoms in total. The van der Waals surface area contributed by atoms with Gasteiger partial charge in [0.15, 0.2) is 5.01 Å². The van der Waals surface area contributed by atoms with Crippen LogP contribution in [0.3, 0.4) is 0 Å². The number of nitrogens with zero attached hydrogens (tertiary/aromatic N) is 3. The number of nitrogens with one attached hydrogen (secondary N) is 1. The Balaban J connectivity index is 1.71. The number of halogens is 5. The second-order valence-electron chi connectivity index (χ2n) is 10.3. The molecule has 1 fully saturated rings. The van der Waals surface area contributed by atoms with Crippen LogP contribution < -0.4 is 4.72 Å². The Labute approximate surface area is 242 Å². The first-order chi connectivity index (χ1) is 18.5. The van der Waals surface area contributed by atoms with Crippen LogP contribution in [0.1, 0.15) is 51.6 Å². The number of sulfonamides is 1. The van der Waals surface area contributed by atoms with Crippen molar-refractivity contribution in [3.63, 3.8) is 0 Å². The van der Waals surface area contributed by atoms with E-state index in [1.807, 2.05) is 0 Å². The zero-order valence-electron chi connectivity index (χ0n) is 21.5. The second-order valence-corrected chi connectivity index (χ2v) is 13.7. The molecule has 0 amide bonds. The predicted molar refractivity (Wildman–Crippen MR) is 143 cm³/mol. The molecule has 1 aromatic carbocycles. The molecule has 0 aliphatic heterocycles. The van der Waals surface area contributed by atoms with E-state index in [-0.39, 0.29) is 23.2 Å². The minimum Gasteiger partial charge on any atom is -0.481 e. The minimum atomic E-state index is -4.79. The number of thiazole rings is 1. The standard InChI is InChI=1S/C24H25Cl2F3N4O5S2/c1-11(24(27,28)29)33-40(36,37)15-8-7-13(17(25)18(15)26)19-14(9-12-5-4-6-12)30-21(39-19)20-31-16(38-32-20)10-23(2,3)22(34)35/h7-8,11-12,33H,4-6,9-10H2,1-3H3,(H,34,35)/t11-/m0/s1. The topological polar surface area (TPSA) is 135 Å². The van der Waals surface area contributed by atoms with Crippen molar-refractivity contribution >= 4 is 50.5 Å². The van der Waals surface area contributed by atoms with E-state index in [4.69, 9.17) is 32.7 Å². The lowest BCUT2D eigenvalue weighted by atomic mass is 9.82. The summed E-state index contributed by atoms with van der Waals surface area (Å²) in [5, 5.41) is 13.1. The molecule has 1 saturated carbocycles. The van der Waals surface area contributed by atoms with Gasteiger partial charge >= 0.3 is 12.1 Å². The van der Waals surface area contributed by atoms with Crippen LogP contribution in [0.15, 0.2) is 21.6 Å². The number of carboxylic acids is 1. The molecular weight excluding hydrogens is 616 g/mol. The number of aromatic nitrogens is 3.